The molecular weight excluding hydrogens is 252 g/mol. The maximum Gasteiger partial charge on any atom is 0.281 e. The van der Waals surface area contributed by atoms with Crippen LogP contribution in [0.1, 0.15) is 19.3 Å². The second kappa shape index (κ2) is 6.43. The fourth-order valence-corrected chi connectivity index (χ4v) is 3.23. The van der Waals surface area contributed by atoms with E-state index in [1.807, 2.05) is 4.90 Å². The summed E-state index contributed by atoms with van der Waals surface area (Å²) in [5.74, 6) is 1.33. The molecule has 0 aromatic rings. The Morgan fingerprint density at radius 3 is 2.61 bits per heavy atom. The van der Waals surface area contributed by atoms with Gasteiger partial charge in [-0.2, -0.15) is 0 Å². The number of rotatable bonds is 4. The molecule has 0 spiro atoms. The minimum absolute atomic E-state index is 0.0989. The Balaban J connectivity index is 1.70. The summed E-state index contributed by atoms with van der Waals surface area (Å²) in [7, 11) is 0. The van der Waals surface area contributed by atoms with E-state index in [9.17, 15) is 9.59 Å². The van der Waals surface area contributed by atoms with Crippen LogP contribution in [0.3, 0.4) is 0 Å². The molecule has 0 radical (unpaired) electrons. The summed E-state index contributed by atoms with van der Waals surface area (Å²) in [4.78, 5) is 27.0. The summed E-state index contributed by atoms with van der Waals surface area (Å²) in [6.07, 6.45) is 2.21. The zero-order chi connectivity index (χ0) is 13.0. The van der Waals surface area contributed by atoms with Crippen molar-refractivity contribution in [3.05, 3.63) is 0 Å². The number of carbonyl (C=O) groups is 2. The Morgan fingerprint density at radius 2 is 2.06 bits per heavy atom. The minimum Gasteiger partial charge on any atom is -0.396 e. The maximum absolute atomic E-state index is 12.0. The highest BCUT2D eigenvalue weighted by Crippen LogP contribution is 2.19. The molecular formula is C12H20N2O3S. The van der Waals surface area contributed by atoms with Crippen molar-refractivity contribution in [1.82, 2.24) is 9.80 Å². The normalized spacial score (nSPS) is 21.7. The van der Waals surface area contributed by atoms with Crippen molar-refractivity contribution in [1.29, 1.82) is 0 Å². The van der Waals surface area contributed by atoms with Gasteiger partial charge in [-0.1, -0.05) is 11.8 Å². The van der Waals surface area contributed by atoms with E-state index < -0.39 is 0 Å². The van der Waals surface area contributed by atoms with Gasteiger partial charge >= 0.3 is 0 Å². The predicted molar refractivity (Wildman–Crippen MR) is 70.4 cm³/mol. The molecule has 2 aliphatic heterocycles. The van der Waals surface area contributed by atoms with E-state index in [0.29, 0.717) is 18.9 Å². The molecule has 6 heteroatoms. The van der Waals surface area contributed by atoms with Gasteiger partial charge in [0.1, 0.15) is 0 Å². The molecule has 2 rings (SSSR count). The smallest absolute Gasteiger partial charge is 0.281 e. The summed E-state index contributed by atoms with van der Waals surface area (Å²) in [5.41, 5.74) is 0. The van der Waals surface area contributed by atoms with E-state index in [1.54, 1.807) is 4.90 Å². The van der Waals surface area contributed by atoms with E-state index in [2.05, 4.69) is 0 Å². The van der Waals surface area contributed by atoms with Crippen molar-refractivity contribution < 1.29 is 14.7 Å². The van der Waals surface area contributed by atoms with Crippen LogP contribution < -0.4 is 0 Å². The first-order chi connectivity index (χ1) is 8.70. The first kappa shape index (κ1) is 13.7. The zero-order valence-electron chi connectivity index (χ0n) is 10.5. The molecule has 0 bridgehead atoms. The summed E-state index contributed by atoms with van der Waals surface area (Å²) < 4.78 is 0. The van der Waals surface area contributed by atoms with Crippen molar-refractivity contribution in [2.45, 2.75) is 19.3 Å². The number of nitrogens with zero attached hydrogens (tertiary/aromatic N) is 2. The molecule has 0 aromatic carbocycles. The SMILES string of the molecule is O=C(CCN1CCSC1=O)N1CCC(CO)CC1. The quantitative estimate of drug-likeness (QED) is 0.821. The summed E-state index contributed by atoms with van der Waals surface area (Å²) in [5, 5.41) is 9.14. The van der Waals surface area contributed by atoms with Crippen LogP contribution in [0, 0.1) is 5.92 Å². The molecule has 0 saturated carbocycles. The van der Waals surface area contributed by atoms with Gasteiger partial charge in [0.25, 0.3) is 5.24 Å². The van der Waals surface area contributed by atoms with Gasteiger partial charge in [-0.3, -0.25) is 9.59 Å². The Bertz CT molecular complexity index is 316. The molecule has 102 valence electrons. The van der Waals surface area contributed by atoms with Crippen molar-refractivity contribution in [2.24, 2.45) is 5.92 Å². The van der Waals surface area contributed by atoms with Gasteiger partial charge in [0.15, 0.2) is 0 Å². The topological polar surface area (TPSA) is 60.9 Å². The van der Waals surface area contributed by atoms with E-state index in [1.165, 1.54) is 11.8 Å². The lowest BCUT2D eigenvalue weighted by Crippen LogP contribution is -2.40. The fraction of sp³-hybridized carbons (Fsp3) is 0.833. The summed E-state index contributed by atoms with van der Waals surface area (Å²) in [6, 6.07) is 0. The van der Waals surface area contributed by atoms with Crippen LogP contribution in [0.4, 0.5) is 4.79 Å². The Morgan fingerprint density at radius 1 is 1.33 bits per heavy atom. The number of piperidine rings is 1. The molecule has 0 aromatic heterocycles. The number of hydrogen-bond acceptors (Lipinski definition) is 4. The number of aliphatic hydroxyl groups is 1. The van der Waals surface area contributed by atoms with Crippen molar-refractivity contribution in [3.8, 4) is 0 Å². The third-order valence-corrected chi connectivity index (χ3v) is 4.56. The third-order valence-electron chi connectivity index (χ3n) is 3.67. The van der Waals surface area contributed by atoms with Gasteiger partial charge in [-0.25, -0.2) is 0 Å². The van der Waals surface area contributed by atoms with Gasteiger partial charge in [-0.15, -0.1) is 0 Å². The number of thioether (sulfide) groups is 1. The van der Waals surface area contributed by atoms with Crippen LogP contribution in [0.5, 0.6) is 0 Å². The van der Waals surface area contributed by atoms with Gasteiger partial charge in [0, 0.05) is 45.0 Å². The second-order valence-electron chi connectivity index (χ2n) is 4.86. The van der Waals surface area contributed by atoms with E-state index in [0.717, 1.165) is 38.2 Å². The molecule has 2 amide bonds. The molecule has 0 unspecified atom stereocenters. The first-order valence-electron chi connectivity index (χ1n) is 6.51. The highest BCUT2D eigenvalue weighted by atomic mass is 32.2. The van der Waals surface area contributed by atoms with Gasteiger partial charge in [0.05, 0.1) is 0 Å². The maximum atomic E-state index is 12.0. The molecule has 2 fully saturated rings. The van der Waals surface area contributed by atoms with E-state index in [4.69, 9.17) is 5.11 Å². The highest BCUT2D eigenvalue weighted by molar-refractivity contribution is 8.13. The first-order valence-corrected chi connectivity index (χ1v) is 7.49. The zero-order valence-corrected chi connectivity index (χ0v) is 11.3. The van der Waals surface area contributed by atoms with Gasteiger partial charge < -0.3 is 14.9 Å². The van der Waals surface area contributed by atoms with Crippen molar-refractivity contribution >= 4 is 22.9 Å². The third kappa shape index (κ3) is 3.38. The highest BCUT2D eigenvalue weighted by Gasteiger charge is 2.25. The van der Waals surface area contributed by atoms with Gasteiger partial charge in [-0.05, 0) is 18.8 Å². The number of likely N-dealkylation sites (tertiary alicyclic amines) is 1. The molecule has 0 atom stereocenters. The fourth-order valence-electron chi connectivity index (χ4n) is 2.38. The predicted octanol–water partition coefficient (Wildman–Crippen LogP) is 0.776. The molecule has 5 nitrogen and oxygen atoms in total. The molecule has 0 aliphatic carbocycles. The van der Waals surface area contributed by atoms with Crippen LogP contribution in [0.15, 0.2) is 0 Å². The van der Waals surface area contributed by atoms with Crippen molar-refractivity contribution in [2.75, 3.05) is 38.5 Å². The average molecular weight is 272 g/mol. The lowest BCUT2D eigenvalue weighted by atomic mass is 9.98. The molecule has 2 aliphatic rings. The van der Waals surface area contributed by atoms with Crippen LogP contribution >= 0.6 is 11.8 Å². The second-order valence-corrected chi connectivity index (χ2v) is 5.90. The molecule has 2 heterocycles. The van der Waals surface area contributed by atoms with Gasteiger partial charge in [0.2, 0.25) is 5.91 Å². The van der Waals surface area contributed by atoms with Crippen LogP contribution in [0.25, 0.3) is 0 Å². The minimum atomic E-state index is 0.0989. The number of hydrogen-bond donors (Lipinski definition) is 1. The number of carbonyl (C=O) groups excluding carboxylic acids is 2. The molecule has 2 saturated heterocycles. The van der Waals surface area contributed by atoms with Crippen molar-refractivity contribution in [3.63, 3.8) is 0 Å². The van der Waals surface area contributed by atoms with E-state index in [-0.39, 0.29) is 17.8 Å². The lowest BCUT2D eigenvalue weighted by Gasteiger charge is -2.31. The molecule has 18 heavy (non-hydrogen) atoms. The van der Waals surface area contributed by atoms with Crippen LogP contribution in [-0.4, -0.2) is 64.6 Å². The number of aliphatic hydroxyl groups excluding tert-OH is 1. The Labute approximate surface area is 112 Å². The summed E-state index contributed by atoms with van der Waals surface area (Å²) >= 11 is 1.33. The Kier molecular flexibility index (Phi) is 4.88. The summed E-state index contributed by atoms with van der Waals surface area (Å²) in [6.45, 7) is 3.02. The largest absolute Gasteiger partial charge is 0.396 e. The molecule has 1 N–H and O–H groups in total. The van der Waals surface area contributed by atoms with Crippen LogP contribution in [0.2, 0.25) is 0 Å². The average Bonchev–Trinajstić information content (AvgIpc) is 2.81. The lowest BCUT2D eigenvalue weighted by molar-refractivity contribution is -0.132. The Hall–Kier alpha value is -0.750. The standard InChI is InChI=1S/C12H20N2O3S/c15-9-10-1-4-13(5-2-10)11(16)3-6-14-7-8-18-12(14)17/h10,15H,1-9H2. The monoisotopic (exact) mass is 272 g/mol. The van der Waals surface area contributed by atoms with E-state index >= 15 is 0 Å². The van der Waals surface area contributed by atoms with Crippen LogP contribution in [-0.2, 0) is 4.79 Å². The number of amides is 2.